The van der Waals surface area contributed by atoms with Gasteiger partial charge in [0.05, 0.1) is 0 Å². The molecule has 0 aliphatic carbocycles. The van der Waals surface area contributed by atoms with Gasteiger partial charge in [0, 0.05) is 11.8 Å². The summed E-state index contributed by atoms with van der Waals surface area (Å²) < 4.78 is 0. The summed E-state index contributed by atoms with van der Waals surface area (Å²) >= 11 is 0. The Kier molecular flexibility index (Phi) is 4.66. The van der Waals surface area contributed by atoms with Crippen molar-refractivity contribution < 1.29 is 4.79 Å². The van der Waals surface area contributed by atoms with E-state index in [9.17, 15) is 4.79 Å². The number of hydrogen-bond acceptors (Lipinski definition) is 1. The molecular weight excluding hydrogens is 160 g/mol. The number of ketones is 1. The first kappa shape index (κ1) is 12.7. The predicted molar refractivity (Wildman–Crippen MR) is 57.7 cm³/mol. The van der Waals surface area contributed by atoms with Crippen LogP contribution in [-0.4, -0.2) is 5.78 Å². The van der Waals surface area contributed by atoms with Crippen LogP contribution >= 0.6 is 0 Å². The van der Waals surface area contributed by atoms with Gasteiger partial charge in [0.25, 0.3) is 0 Å². The molecule has 0 saturated heterocycles. The maximum Gasteiger partial charge on any atom is 0.139 e. The van der Waals surface area contributed by atoms with E-state index in [0.717, 1.165) is 12.8 Å². The molecule has 1 unspecified atom stereocenters. The van der Waals surface area contributed by atoms with E-state index in [1.165, 1.54) is 0 Å². The molecule has 0 aromatic rings. The normalized spacial score (nSPS) is 14.7. The van der Waals surface area contributed by atoms with Crippen molar-refractivity contribution in [2.24, 2.45) is 17.3 Å². The maximum absolute atomic E-state index is 12.0. The Hall–Kier alpha value is -0.330. The first-order valence-electron chi connectivity index (χ1n) is 5.38. The van der Waals surface area contributed by atoms with E-state index < -0.39 is 0 Å². The minimum Gasteiger partial charge on any atom is -0.299 e. The van der Waals surface area contributed by atoms with Crippen LogP contribution in [0.3, 0.4) is 0 Å². The van der Waals surface area contributed by atoms with Crippen LogP contribution in [0.2, 0.25) is 0 Å². The Labute approximate surface area is 82.9 Å². The van der Waals surface area contributed by atoms with E-state index in [0.29, 0.717) is 5.78 Å². The molecule has 1 atom stereocenters. The van der Waals surface area contributed by atoms with Crippen molar-refractivity contribution in [3.8, 4) is 0 Å². The average molecular weight is 184 g/mol. The second-order valence-electron chi connectivity index (χ2n) is 5.00. The third-order valence-electron chi connectivity index (χ3n) is 3.11. The molecule has 1 heteroatoms. The Bertz CT molecular complexity index is 160. The van der Waals surface area contributed by atoms with Crippen molar-refractivity contribution in [2.45, 2.75) is 54.4 Å². The Morgan fingerprint density at radius 1 is 1.15 bits per heavy atom. The molecule has 0 amide bonds. The third kappa shape index (κ3) is 3.50. The smallest absolute Gasteiger partial charge is 0.139 e. The quantitative estimate of drug-likeness (QED) is 0.651. The van der Waals surface area contributed by atoms with Crippen LogP contribution in [0.5, 0.6) is 0 Å². The standard InChI is InChI=1S/C12H24O/c1-7-10(8-2)11(13)9(3)12(4,5)6/h9-10H,7-8H2,1-6H3. The SMILES string of the molecule is CCC(CC)C(=O)C(C)C(C)(C)C. The minimum atomic E-state index is 0.111. The van der Waals surface area contributed by atoms with Crippen molar-refractivity contribution in [3.63, 3.8) is 0 Å². The molecule has 0 radical (unpaired) electrons. The first-order valence-corrected chi connectivity index (χ1v) is 5.38. The van der Waals surface area contributed by atoms with E-state index >= 15 is 0 Å². The van der Waals surface area contributed by atoms with Crippen LogP contribution in [0.4, 0.5) is 0 Å². The predicted octanol–water partition coefficient (Wildman–Crippen LogP) is 3.67. The molecule has 78 valence electrons. The van der Waals surface area contributed by atoms with Crippen LogP contribution in [0.1, 0.15) is 54.4 Å². The summed E-state index contributed by atoms with van der Waals surface area (Å²) in [6.07, 6.45) is 1.96. The zero-order chi connectivity index (χ0) is 10.6. The Morgan fingerprint density at radius 3 is 1.77 bits per heavy atom. The van der Waals surface area contributed by atoms with Gasteiger partial charge in [0.15, 0.2) is 0 Å². The summed E-state index contributed by atoms with van der Waals surface area (Å²) in [7, 11) is 0. The van der Waals surface area contributed by atoms with Gasteiger partial charge in [-0.3, -0.25) is 4.79 Å². The first-order chi connectivity index (χ1) is 5.84. The maximum atomic E-state index is 12.0. The zero-order valence-electron chi connectivity index (χ0n) is 9.98. The molecule has 0 aliphatic rings. The van der Waals surface area contributed by atoms with E-state index in [2.05, 4.69) is 41.5 Å². The lowest BCUT2D eigenvalue weighted by Gasteiger charge is -2.28. The van der Waals surface area contributed by atoms with Crippen molar-refractivity contribution in [1.82, 2.24) is 0 Å². The van der Waals surface area contributed by atoms with Gasteiger partial charge in [0.1, 0.15) is 5.78 Å². The van der Waals surface area contributed by atoms with E-state index in [1.807, 2.05) is 0 Å². The van der Waals surface area contributed by atoms with Crippen molar-refractivity contribution in [2.75, 3.05) is 0 Å². The largest absolute Gasteiger partial charge is 0.299 e. The molecule has 0 heterocycles. The highest BCUT2D eigenvalue weighted by atomic mass is 16.1. The van der Waals surface area contributed by atoms with E-state index in [-0.39, 0.29) is 17.3 Å². The molecule has 0 saturated carbocycles. The summed E-state index contributed by atoms with van der Waals surface area (Å²) in [5, 5.41) is 0. The van der Waals surface area contributed by atoms with Gasteiger partial charge in [0.2, 0.25) is 0 Å². The van der Waals surface area contributed by atoms with Gasteiger partial charge in [-0.1, -0.05) is 41.5 Å². The number of Topliss-reactive ketones (excluding diaryl/α,β-unsaturated/α-hetero) is 1. The topological polar surface area (TPSA) is 17.1 Å². The van der Waals surface area contributed by atoms with Gasteiger partial charge in [-0.2, -0.15) is 0 Å². The lowest BCUT2D eigenvalue weighted by Crippen LogP contribution is -2.30. The molecular formula is C12H24O. The number of hydrogen-bond donors (Lipinski definition) is 0. The fourth-order valence-corrected chi connectivity index (χ4v) is 1.47. The Balaban J connectivity index is 4.41. The van der Waals surface area contributed by atoms with Crippen LogP contribution in [0.25, 0.3) is 0 Å². The molecule has 0 rings (SSSR count). The van der Waals surface area contributed by atoms with Gasteiger partial charge in [-0.25, -0.2) is 0 Å². The van der Waals surface area contributed by atoms with E-state index in [1.54, 1.807) is 0 Å². The summed E-state index contributed by atoms with van der Waals surface area (Å²) in [5.41, 5.74) is 0.111. The van der Waals surface area contributed by atoms with Crippen molar-refractivity contribution >= 4 is 5.78 Å². The number of rotatable bonds is 4. The lowest BCUT2D eigenvalue weighted by atomic mass is 9.75. The molecule has 0 fully saturated rings. The highest BCUT2D eigenvalue weighted by Crippen LogP contribution is 2.29. The van der Waals surface area contributed by atoms with E-state index in [4.69, 9.17) is 0 Å². The second kappa shape index (κ2) is 4.78. The fraction of sp³-hybridized carbons (Fsp3) is 0.917. The van der Waals surface area contributed by atoms with Crippen molar-refractivity contribution in [3.05, 3.63) is 0 Å². The van der Waals surface area contributed by atoms with Crippen LogP contribution < -0.4 is 0 Å². The van der Waals surface area contributed by atoms with Crippen molar-refractivity contribution in [1.29, 1.82) is 0 Å². The highest BCUT2D eigenvalue weighted by molar-refractivity contribution is 5.83. The number of carbonyl (C=O) groups excluding carboxylic acids is 1. The second-order valence-corrected chi connectivity index (χ2v) is 5.00. The zero-order valence-corrected chi connectivity index (χ0v) is 9.98. The van der Waals surface area contributed by atoms with Gasteiger partial charge >= 0.3 is 0 Å². The summed E-state index contributed by atoms with van der Waals surface area (Å²) in [4.78, 5) is 12.0. The molecule has 13 heavy (non-hydrogen) atoms. The summed E-state index contributed by atoms with van der Waals surface area (Å²) in [6.45, 7) is 12.7. The molecule has 0 bridgehead atoms. The molecule has 0 aliphatic heterocycles. The monoisotopic (exact) mass is 184 g/mol. The summed E-state index contributed by atoms with van der Waals surface area (Å²) in [6, 6.07) is 0. The lowest BCUT2D eigenvalue weighted by molar-refractivity contribution is -0.129. The van der Waals surface area contributed by atoms with Gasteiger partial charge < -0.3 is 0 Å². The van der Waals surface area contributed by atoms with Crippen LogP contribution in [0.15, 0.2) is 0 Å². The van der Waals surface area contributed by atoms with Crippen LogP contribution in [-0.2, 0) is 4.79 Å². The van der Waals surface area contributed by atoms with Gasteiger partial charge in [-0.15, -0.1) is 0 Å². The molecule has 0 aromatic heterocycles. The average Bonchev–Trinajstić information content (AvgIpc) is 2.03. The fourth-order valence-electron chi connectivity index (χ4n) is 1.47. The van der Waals surface area contributed by atoms with Gasteiger partial charge in [-0.05, 0) is 18.3 Å². The third-order valence-corrected chi connectivity index (χ3v) is 3.11. The number of carbonyl (C=O) groups is 1. The summed E-state index contributed by atoms with van der Waals surface area (Å²) in [5.74, 6) is 0.893. The molecule has 1 nitrogen and oxygen atoms in total. The minimum absolute atomic E-state index is 0.111. The Morgan fingerprint density at radius 2 is 1.54 bits per heavy atom. The van der Waals surface area contributed by atoms with Crippen LogP contribution in [0, 0.1) is 17.3 Å². The molecule has 0 N–H and O–H groups in total. The highest BCUT2D eigenvalue weighted by Gasteiger charge is 2.29. The molecule has 0 spiro atoms. The molecule has 0 aromatic carbocycles.